The third-order valence-electron chi connectivity index (χ3n) is 6.68. The zero-order valence-corrected chi connectivity index (χ0v) is 19.2. The van der Waals surface area contributed by atoms with Crippen LogP contribution in [0.1, 0.15) is 51.0 Å². The van der Waals surface area contributed by atoms with Crippen molar-refractivity contribution in [2.75, 3.05) is 30.4 Å². The van der Waals surface area contributed by atoms with Gasteiger partial charge in [0.15, 0.2) is 5.82 Å². The van der Waals surface area contributed by atoms with Crippen molar-refractivity contribution in [1.82, 2.24) is 0 Å². The molecule has 0 unspecified atom stereocenters. The van der Waals surface area contributed by atoms with Crippen LogP contribution in [0.25, 0.3) is 11.1 Å². The third kappa shape index (κ3) is 5.31. The molecule has 178 valence electrons. The summed E-state index contributed by atoms with van der Waals surface area (Å²) in [5, 5.41) is 16.2. The number of carbonyl (C=O) groups is 1. The molecule has 1 saturated heterocycles. The van der Waals surface area contributed by atoms with Gasteiger partial charge in [-0.15, -0.1) is 0 Å². The van der Waals surface area contributed by atoms with E-state index in [9.17, 15) is 9.90 Å². The summed E-state index contributed by atoms with van der Waals surface area (Å²) in [6.45, 7) is 3.71. The van der Waals surface area contributed by atoms with Gasteiger partial charge in [0.1, 0.15) is 5.54 Å². The van der Waals surface area contributed by atoms with Gasteiger partial charge in [-0.05, 0) is 49.1 Å². The Morgan fingerprint density at radius 3 is 2.64 bits per heavy atom. The van der Waals surface area contributed by atoms with Gasteiger partial charge in [-0.1, -0.05) is 31.0 Å². The molecular weight excluding hydrogens is 423 g/mol. The lowest BCUT2D eigenvalue weighted by molar-refractivity contribution is -0.145. The third-order valence-corrected chi connectivity index (χ3v) is 6.68. The van der Waals surface area contributed by atoms with Crippen molar-refractivity contribution < 1.29 is 23.8 Å². The molecule has 0 radical (unpaired) electrons. The van der Waals surface area contributed by atoms with E-state index in [1.54, 1.807) is 12.1 Å². The standard InChI is InChI=1S/C26H33FN2O4/c1-2-28-23-9-5-8-22(24(23)27)21-11-10-19(16-18(21)17-33-20-6-3-4-7-20)29-26(25(30)31)12-14-32-15-13-26/h5,8-11,16,20,28-29H,2-4,6-7,12-15,17H2,1H3,(H,30,31). The van der Waals surface area contributed by atoms with Gasteiger partial charge in [0.2, 0.25) is 0 Å². The van der Waals surface area contributed by atoms with Crippen molar-refractivity contribution in [3.05, 3.63) is 47.8 Å². The molecule has 0 amide bonds. The Morgan fingerprint density at radius 1 is 1.18 bits per heavy atom. The minimum absolute atomic E-state index is 0.216. The summed E-state index contributed by atoms with van der Waals surface area (Å²) in [5.41, 5.74) is 2.19. The summed E-state index contributed by atoms with van der Waals surface area (Å²) in [6, 6.07) is 10.9. The molecule has 1 heterocycles. The number of aliphatic carboxylic acids is 1. The molecule has 0 atom stereocenters. The Labute approximate surface area is 194 Å². The Kier molecular flexibility index (Phi) is 7.50. The highest BCUT2D eigenvalue weighted by Crippen LogP contribution is 2.35. The number of hydrogen-bond donors (Lipinski definition) is 3. The maximum Gasteiger partial charge on any atom is 0.329 e. The van der Waals surface area contributed by atoms with Crippen molar-refractivity contribution >= 4 is 17.3 Å². The quantitative estimate of drug-likeness (QED) is 0.467. The first-order valence-corrected chi connectivity index (χ1v) is 11.9. The van der Waals surface area contributed by atoms with E-state index in [4.69, 9.17) is 9.47 Å². The number of ether oxygens (including phenoxy) is 2. The fourth-order valence-electron chi connectivity index (χ4n) is 4.77. The van der Waals surface area contributed by atoms with E-state index in [1.165, 1.54) is 12.8 Å². The fourth-order valence-corrected chi connectivity index (χ4v) is 4.77. The maximum absolute atomic E-state index is 15.3. The van der Waals surface area contributed by atoms with E-state index < -0.39 is 11.5 Å². The minimum Gasteiger partial charge on any atom is -0.480 e. The number of hydrogen-bond acceptors (Lipinski definition) is 5. The number of halogens is 1. The number of anilines is 2. The van der Waals surface area contributed by atoms with Gasteiger partial charge < -0.3 is 25.2 Å². The highest BCUT2D eigenvalue weighted by atomic mass is 19.1. The molecule has 1 saturated carbocycles. The van der Waals surface area contributed by atoms with Crippen LogP contribution in [0.3, 0.4) is 0 Å². The van der Waals surface area contributed by atoms with E-state index in [1.807, 2.05) is 31.2 Å². The monoisotopic (exact) mass is 456 g/mol. The molecule has 1 aliphatic heterocycles. The fraction of sp³-hybridized carbons (Fsp3) is 0.500. The highest BCUT2D eigenvalue weighted by molar-refractivity contribution is 5.83. The van der Waals surface area contributed by atoms with Gasteiger partial charge in [0.05, 0.1) is 18.4 Å². The van der Waals surface area contributed by atoms with Gasteiger partial charge in [-0.3, -0.25) is 0 Å². The minimum atomic E-state index is -1.07. The van der Waals surface area contributed by atoms with Crippen LogP contribution >= 0.6 is 0 Å². The molecule has 0 spiro atoms. The Hall–Kier alpha value is -2.64. The van der Waals surface area contributed by atoms with Crippen molar-refractivity contribution in [2.45, 2.75) is 63.7 Å². The van der Waals surface area contributed by atoms with E-state index in [0.29, 0.717) is 56.1 Å². The second kappa shape index (κ2) is 10.5. The summed E-state index contributed by atoms with van der Waals surface area (Å²) in [6.07, 6.45) is 5.41. The first kappa shape index (κ1) is 23.5. The van der Waals surface area contributed by atoms with Crippen molar-refractivity contribution in [1.29, 1.82) is 0 Å². The van der Waals surface area contributed by atoms with Gasteiger partial charge in [-0.25, -0.2) is 9.18 Å². The Balaban J connectivity index is 1.67. The maximum atomic E-state index is 15.3. The molecule has 2 fully saturated rings. The normalized spacial score (nSPS) is 18.2. The molecule has 0 aromatic heterocycles. The van der Waals surface area contributed by atoms with Crippen LogP contribution in [-0.2, 0) is 20.9 Å². The van der Waals surface area contributed by atoms with Crippen LogP contribution in [0.15, 0.2) is 36.4 Å². The van der Waals surface area contributed by atoms with E-state index in [-0.39, 0.29) is 11.9 Å². The molecule has 2 aromatic rings. The molecule has 7 heteroatoms. The summed E-state index contributed by atoms with van der Waals surface area (Å²) in [7, 11) is 0. The summed E-state index contributed by atoms with van der Waals surface area (Å²) < 4.78 is 26.9. The van der Waals surface area contributed by atoms with Crippen molar-refractivity contribution in [2.24, 2.45) is 0 Å². The molecule has 2 aromatic carbocycles. The number of nitrogens with one attached hydrogen (secondary N) is 2. The molecule has 0 bridgehead atoms. The molecule has 4 rings (SSSR count). The lowest BCUT2D eigenvalue weighted by Gasteiger charge is -2.35. The summed E-state index contributed by atoms with van der Waals surface area (Å²) in [4.78, 5) is 12.1. The van der Waals surface area contributed by atoms with E-state index in [2.05, 4.69) is 10.6 Å². The molecule has 3 N–H and O–H groups in total. The van der Waals surface area contributed by atoms with Crippen LogP contribution in [0.2, 0.25) is 0 Å². The highest BCUT2D eigenvalue weighted by Gasteiger charge is 2.40. The van der Waals surface area contributed by atoms with Gasteiger partial charge >= 0.3 is 5.97 Å². The van der Waals surface area contributed by atoms with Crippen LogP contribution < -0.4 is 10.6 Å². The van der Waals surface area contributed by atoms with Crippen molar-refractivity contribution in [3.63, 3.8) is 0 Å². The van der Waals surface area contributed by atoms with Gasteiger partial charge in [0, 0.05) is 43.9 Å². The predicted octanol–water partition coefficient (Wildman–Crippen LogP) is 5.43. The molecular formula is C26H33FN2O4. The zero-order chi connectivity index (χ0) is 23.3. The van der Waals surface area contributed by atoms with Gasteiger partial charge in [0.25, 0.3) is 0 Å². The first-order valence-electron chi connectivity index (χ1n) is 11.9. The molecule has 6 nitrogen and oxygen atoms in total. The SMILES string of the molecule is CCNc1cccc(-c2ccc(NC3(C(=O)O)CCOCC3)cc2COC2CCCC2)c1F. The molecule has 33 heavy (non-hydrogen) atoms. The Morgan fingerprint density at radius 2 is 1.94 bits per heavy atom. The average Bonchev–Trinajstić information content (AvgIpc) is 3.34. The Bertz CT molecular complexity index is 969. The lowest BCUT2D eigenvalue weighted by Crippen LogP contribution is -2.50. The van der Waals surface area contributed by atoms with Crippen LogP contribution in [-0.4, -0.2) is 42.5 Å². The molecule has 2 aliphatic rings. The zero-order valence-electron chi connectivity index (χ0n) is 19.2. The van der Waals surface area contributed by atoms with Crippen LogP contribution in [0.5, 0.6) is 0 Å². The summed E-state index contributed by atoms with van der Waals surface area (Å²) >= 11 is 0. The second-order valence-electron chi connectivity index (χ2n) is 8.91. The number of carboxylic acid groups (broad SMARTS) is 1. The summed E-state index contributed by atoms with van der Waals surface area (Å²) in [5.74, 6) is -1.18. The topological polar surface area (TPSA) is 79.8 Å². The second-order valence-corrected chi connectivity index (χ2v) is 8.91. The average molecular weight is 457 g/mol. The van der Waals surface area contributed by atoms with Gasteiger partial charge in [-0.2, -0.15) is 0 Å². The van der Waals surface area contributed by atoms with E-state index >= 15 is 4.39 Å². The number of rotatable bonds is 9. The number of carboxylic acids is 1. The number of benzene rings is 2. The van der Waals surface area contributed by atoms with E-state index in [0.717, 1.165) is 24.0 Å². The largest absolute Gasteiger partial charge is 0.480 e. The smallest absolute Gasteiger partial charge is 0.329 e. The van der Waals surface area contributed by atoms with Crippen LogP contribution in [0, 0.1) is 5.82 Å². The predicted molar refractivity (Wildman–Crippen MR) is 127 cm³/mol. The lowest BCUT2D eigenvalue weighted by atomic mass is 9.89. The van der Waals surface area contributed by atoms with Crippen LogP contribution in [0.4, 0.5) is 15.8 Å². The molecule has 1 aliphatic carbocycles. The van der Waals surface area contributed by atoms with Crippen molar-refractivity contribution in [3.8, 4) is 11.1 Å². The first-order chi connectivity index (χ1) is 16.0.